The van der Waals surface area contributed by atoms with Crippen LogP contribution in [0.4, 0.5) is 14.5 Å². The fourth-order valence-electron chi connectivity index (χ4n) is 1.82. The maximum atomic E-state index is 12.4. The molecule has 0 spiro atoms. The van der Waals surface area contributed by atoms with E-state index in [-0.39, 0.29) is 27.6 Å². The number of benzene rings is 2. The van der Waals surface area contributed by atoms with Gasteiger partial charge < -0.3 is 15.8 Å². The Hall–Kier alpha value is -2.67. The number of rotatable bonds is 5. The summed E-state index contributed by atoms with van der Waals surface area (Å²) in [6, 6.07) is 9.58. The monoisotopic (exact) mass is 340 g/mol. The molecule has 3 N–H and O–H groups in total. The first-order chi connectivity index (χ1) is 10.9. The molecule has 0 saturated carbocycles. The quantitative estimate of drug-likeness (QED) is 0.876. The van der Waals surface area contributed by atoms with E-state index in [9.17, 15) is 18.4 Å². The summed E-state index contributed by atoms with van der Waals surface area (Å²) in [4.78, 5) is 23.4. The molecule has 0 aliphatic carbocycles. The van der Waals surface area contributed by atoms with Gasteiger partial charge in [0.15, 0.2) is 0 Å². The molecule has 0 saturated heterocycles. The maximum absolute atomic E-state index is 12.4. The number of hydrogen-bond acceptors (Lipinski definition) is 3. The second kappa shape index (κ2) is 7.06. The Morgan fingerprint density at radius 2 is 1.87 bits per heavy atom. The van der Waals surface area contributed by atoms with Crippen LogP contribution in [-0.4, -0.2) is 18.4 Å². The third-order valence-corrected chi connectivity index (χ3v) is 3.18. The van der Waals surface area contributed by atoms with Gasteiger partial charge in [-0.3, -0.25) is 9.59 Å². The van der Waals surface area contributed by atoms with Crippen molar-refractivity contribution in [1.82, 2.24) is 0 Å². The van der Waals surface area contributed by atoms with Crippen LogP contribution in [0.5, 0.6) is 5.75 Å². The van der Waals surface area contributed by atoms with Gasteiger partial charge in [0.05, 0.1) is 16.3 Å². The van der Waals surface area contributed by atoms with Crippen molar-refractivity contribution in [3.8, 4) is 5.75 Å². The third-order valence-electron chi connectivity index (χ3n) is 2.85. The van der Waals surface area contributed by atoms with Gasteiger partial charge >= 0.3 is 6.61 Å². The number of nitrogens with one attached hydrogen (secondary N) is 1. The maximum Gasteiger partial charge on any atom is 0.387 e. The molecular weight excluding hydrogens is 330 g/mol. The number of alkyl halides is 2. The predicted octanol–water partition coefficient (Wildman–Crippen LogP) is 3.29. The molecule has 0 bridgehead atoms. The topological polar surface area (TPSA) is 81.4 Å². The van der Waals surface area contributed by atoms with Crippen LogP contribution in [0.25, 0.3) is 0 Å². The van der Waals surface area contributed by atoms with Gasteiger partial charge in [0.2, 0.25) is 5.91 Å². The fourth-order valence-corrected chi connectivity index (χ4v) is 1.98. The van der Waals surface area contributed by atoms with Crippen LogP contribution in [0, 0.1) is 0 Å². The lowest BCUT2D eigenvalue weighted by molar-refractivity contribution is -0.0501. The minimum Gasteiger partial charge on any atom is -0.434 e. The van der Waals surface area contributed by atoms with E-state index in [1.807, 2.05) is 0 Å². The van der Waals surface area contributed by atoms with Crippen LogP contribution >= 0.6 is 11.6 Å². The average Bonchev–Trinajstić information content (AvgIpc) is 2.49. The standard InChI is InChI=1S/C15H11ClF2N2O3/c16-10-6-5-8(13(19)21)7-11(10)20-14(22)9-3-1-2-4-12(9)23-15(17)18/h1-7,15H,(H2,19,21)(H,20,22). The Morgan fingerprint density at radius 3 is 2.52 bits per heavy atom. The zero-order valence-corrected chi connectivity index (χ0v) is 12.3. The average molecular weight is 341 g/mol. The molecule has 0 unspecified atom stereocenters. The van der Waals surface area contributed by atoms with Crippen LogP contribution in [0.3, 0.4) is 0 Å². The molecule has 5 nitrogen and oxygen atoms in total. The number of nitrogens with two attached hydrogens (primary N) is 1. The van der Waals surface area contributed by atoms with Crippen molar-refractivity contribution in [3.63, 3.8) is 0 Å². The van der Waals surface area contributed by atoms with E-state index >= 15 is 0 Å². The summed E-state index contributed by atoms with van der Waals surface area (Å²) in [5.41, 5.74) is 5.32. The molecule has 23 heavy (non-hydrogen) atoms. The SMILES string of the molecule is NC(=O)c1ccc(Cl)c(NC(=O)c2ccccc2OC(F)F)c1. The Bertz CT molecular complexity index is 753. The molecule has 0 aliphatic rings. The molecule has 2 rings (SSSR count). The Kier molecular flexibility index (Phi) is 5.13. The third kappa shape index (κ3) is 4.17. The van der Waals surface area contributed by atoms with Gasteiger partial charge in [0.25, 0.3) is 5.91 Å². The van der Waals surface area contributed by atoms with Crippen molar-refractivity contribution in [2.24, 2.45) is 5.73 Å². The first kappa shape index (κ1) is 16.7. The minimum absolute atomic E-state index is 0.103. The lowest BCUT2D eigenvalue weighted by atomic mass is 10.1. The van der Waals surface area contributed by atoms with Gasteiger partial charge in [-0.2, -0.15) is 8.78 Å². The summed E-state index contributed by atoms with van der Waals surface area (Å²) in [6.07, 6.45) is 0. The Labute approximate surface area is 135 Å². The number of carbonyl (C=O) groups is 2. The van der Waals surface area contributed by atoms with Gasteiger partial charge in [-0.25, -0.2) is 0 Å². The summed E-state index contributed by atoms with van der Waals surface area (Å²) in [5.74, 6) is -1.69. The van der Waals surface area contributed by atoms with E-state index < -0.39 is 18.4 Å². The highest BCUT2D eigenvalue weighted by Crippen LogP contribution is 2.26. The van der Waals surface area contributed by atoms with Gasteiger partial charge in [0, 0.05) is 5.56 Å². The zero-order valence-electron chi connectivity index (χ0n) is 11.6. The second-order valence-electron chi connectivity index (χ2n) is 4.39. The molecular formula is C15H11ClF2N2O3. The van der Waals surface area contributed by atoms with Crippen LogP contribution in [0.15, 0.2) is 42.5 Å². The van der Waals surface area contributed by atoms with Crippen molar-refractivity contribution < 1.29 is 23.1 Å². The molecule has 2 aromatic rings. The molecule has 120 valence electrons. The van der Waals surface area contributed by atoms with E-state index in [4.69, 9.17) is 17.3 Å². The van der Waals surface area contributed by atoms with Crippen molar-refractivity contribution in [3.05, 3.63) is 58.6 Å². The molecule has 0 fully saturated rings. The number of para-hydroxylation sites is 1. The van der Waals surface area contributed by atoms with E-state index in [0.717, 1.165) is 0 Å². The minimum atomic E-state index is -3.06. The van der Waals surface area contributed by atoms with Crippen LogP contribution in [-0.2, 0) is 0 Å². The van der Waals surface area contributed by atoms with Crippen molar-refractivity contribution in [1.29, 1.82) is 0 Å². The van der Waals surface area contributed by atoms with Gasteiger partial charge in [-0.1, -0.05) is 23.7 Å². The molecule has 8 heteroatoms. The summed E-state index contributed by atoms with van der Waals surface area (Å²) in [7, 11) is 0. The summed E-state index contributed by atoms with van der Waals surface area (Å²) >= 11 is 5.94. The molecule has 2 amide bonds. The summed E-state index contributed by atoms with van der Waals surface area (Å²) in [6.45, 7) is -3.06. The molecule has 0 radical (unpaired) electrons. The number of halogens is 3. The van der Waals surface area contributed by atoms with E-state index in [1.165, 1.54) is 42.5 Å². The highest BCUT2D eigenvalue weighted by atomic mass is 35.5. The summed E-state index contributed by atoms with van der Waals surface area (Å²) < 4.78 is 29.0. The highest BCUT2D eigenvalue weighted by molar-refractivity contribution is 6.34. The number of ether oxygens (including phenoxy) is 1. The van der Waals surface area contributed by atoms with Gasteiger partial charge in [-0.05, 0) is 30.3 Å². The van der Waals surface area contributed by atoms with E-state index in [0.29, 0.717) is 0 Å². The number of carbonyl (C=O) groups excluding carboxylic acids is 2. The van der Waals surface area contributed by atoms with Gasteiger partial charge in [0.1, 0.15) is 5.75 Å². The number of amides is 2. The molecule has 0 aliphatic heterocycles. The molecule has 0 atom stereocenters. The second-order valence-corrected chi connectivity index (χ2v) is 4.79. The normalized spacial score (nSPS) is 10.4. The lowest BCUT2D eigenvalue weighted by Crippen LogP contribution is -2.16. The van der Waals surface area contributed by atoms with Crippen molar-refractivity contribution >= 4 is 29.1 Å². The van der Waals surface area contributed by atoms with Crippen molar-refractivity contribution in [2.45, 2.75) is 6.61 Å². The Morgan fingerprint density at radius 1 is 1.17 bits per heavy atom. The van der Waals surface area contributed by atoms with Crippen molar-refractivity contribution in [2.75, 3.05) is 5.32 Å². The zero-order chi connectivity index (χ0) is 17.0. The van der Waals surface area contributed by atoms with Gasteiger partial charge in [-0.15, -0.1) is 0 Å². The van der Waals surface area contributed by atoms with E-state index in [1.54, 1.807) is 0 Å². The Balaban J connectivity index is 2.29. The van der Waals surface area contributed by atoms with E-state index in [2.05, 4.69) is 10.1 Å². The number of hydrogen-bond donors (Lipinski definition) is 2. The van der Waals surface area contributed by atoms with Crippen LogP contribution in [0.1, 0.15) is 20.7 Å². The fraction of sp³-hybridized carbons (Fsp3) is 0.0667. The lowest BCUT2D eigenvalue weighted by Gasteiger charge is -2.12. The first-order valence-electron chi connectivity index (χ1n) is 6.33. The number of primary amides is 1. The van der Waals surface area contributed by atoms with Crippen LogP contribution in [0.2, 0.25) is 5.02 Å². The number of anilines is 1. The smallest absolute Gasteiger partial charge is 0.387 e. The van der Waals surface area contributed by atoms with Crippen LogP contribution < -0.4 is 15.8 Å². The summed E-state index contributed by atoms with van der Waals surface area (Å²) in [5, 5.41) is 2.59. The predicted molar refractivity (Wildman–Crippen MR) is 81.0 cm³/mol. The molecule has 2 aromatic carbocycles. The molecule has 0 aromatic heterocycles. The highest BCUT2D eigenvalue weighted by Gasteiger charge is 2.17. The molecule has 0 heterocycles. The largest absolute Gasteiger partial charge is 0.434 e. The first-order valence-corrected chi connectivity index (χ1v) is 6.71.